The first-order chi connectivity index (χ1) is 5.79. The second kappa shape index (κ2) is 4.72. The predicted molar refractivity (Wildman–Crippen MR) is 61.6 cm³/mol. The monoisotopic (exact) mass is 240 g/mol. The van der Waals surface area contributed by atoms with Gasteiger partial charge in [0.05, 0.1) is 0 Å². The molecule has 0 aliphatic carbocycles. The van der Waals surface area contributed by atoms with Crippen LogP contribution in [0.3, 0.4) is 0 Å². The number of rotatable bonds is 4. The lowest BCUT2D eigenvalue weighted by atomic mass is 9.89. The molecule has 76 valence electrons. The minimum atomic E-state index is -1.39. The molecule has 0 aromatic carbocycles. The quantitative estimate of drug-likeness (QED) is 0.552. The minimum Gasteiger partial charge on any atom is -0.284 e. The first-order valence-electron chi connectivity index (χ1n) is 3.98. The second-order valence-electron chi connectivity index (χ2n) is 3.22. The maximum absolute atomic E-state index is 11.5. The van der Waals surface area contributed by atoms with E-state index in [4.69, 9.17) is 23.2 Å². The zero-order valence-corrected chi connectivity index (χ0v) is 10.4. The molecule has 0 rings (SSSR count). The zero-order valence-electron chi connectivity index (χ0n) is 8.06. The molecule has 0 radical (unpaired) electrons. The third-order valence-corrected chi connectivity index (χ3v) is 4.25. The lowest BCUT2D eigenvalue weighted by Gasteiger charge is -2.32. The van der Waals surface area contributed by atoms with Gasteiger partial charge in [0, 0.05) is 5.41 Å². The first kappa shape index (κ1) is 13.3. The second-order valence-corrected chi connectivity index (χ2v) is 5.78. The van der Waals surface area contributed by atoms with Gasteiger partial charge in [0.1, 0.15) is 0 Å². The van der Waals surface area contributed by atoms with Gasteiger partial charge in [0.2, 0.25) is 5.12 Å². The molecule has 4 heteroatoms. The van der Waals surface area contributed by atoms with Gasteiger partial charge in [-0.1, -0.05) is 61.8 Å². The van der Waals surface area contributed by atoms with Crippen LogP contribution in [-0.2, 0) is 4.79 Å². The molecule has 0 bridgehead atoms. The molecule has 0 atom stereocenters. The van der Waals surface area contributed by atoms with Crippen LogP contribution in [0, 0.1) is 5.41 Å². The topological polar surface area (TPSA) is 17.1 Å². The molecule has 0 N–H and O–H groups in total. The van der Waals surface area contributed by atoms with Crippen molar-refractivity contribution in [1.82, 2.24) is 0 Å². The minimum absolute atomic E-state index is 0.219. The fraction of sp³-hybridized carbons (Fsp3) is 0.667. The van der Waals surface area contributed by atoms with E-state index < -0.39 is 9.75 Å². The Morgan fingerprint density at radius 1 is 1.54 bits per heavy atom. The first-order valence-corrected chi connectivity index (χ1v) is 5.72. The van der Waals surface area contributed by atoms with E-state index in [0.29, 0.717) is 5.75 Å². The summed E-state index contributed by atoms with van der Waals surface area (Å²) in [6, 6.07) is 0. The Kier molecular flexibility index (Phi) is 4.84. The number of halogens is 2. The van der Waals surface area contributed by atoms with Crippen LogP contribution in [0.5, 0.6) is 0 Å². The molecule has 0 spiro atoms. The molecule has 0 fully saturated rings. The number of thioether (sulfide) groups is 1. The molecule has 0 amide bonds. The number of alkyl halides is 2. The smallest absolute Gasteiger partial charge is 0.225 e. The third kappa shape index (κ3) is 2.90. The van der Waals surface area contributed by atoms with Crippen LogP contribution in [0.4, 0.5) is 0 Å². The van der Waals surface area contributed by atoms with Crippen LogP contribution < -0.4 is 0 Å². The summed E-state index contributed by atoms with van der Waals surface area (Å²) in [6.45, 7) is 9.06. The highest BCUT2D eigenvalue weighted by molar-refractivity contribution is 8.14. The van der Waals surface area contributed by atoms with Crippen LogP contribution in [-0.4, -0.2) is 15.2 Å². The Bertz CT molecular complexity index is 212. The molecule has 1 nitrogen and oxygen atoms in total. The number of allylic oxidation sites excluding steroid dienone is 1. The molecule has 0 aromatic heterocycles. The van der Waals surface area contributed by atoms with Crippen molar-refractivity contribution in [1.29, 1.82) is 0 Å². The summed E-state index contributed by atoms with van der Waals surface area (Å²) in [5.74, 6) is 0.674. The molecule has 0 saturated heterocycles. The fourth-order valence-electron chi connectivity index (χ4n) is 0.613. The average Bonchev–Trinajstić information content (AvgIpc) is 2.04. The van der Waals surface area contributed by atoms with E-state index in [0.717, 1.165) is 11.8 Å². The maximum Gasteiger partial charge on any atom is 0.225 e. The molecular formula is C9H14Cl2OS. The van der Waals surface area contributed by atoms with Gasteiger partial charge in [-0.05, 0) is 5.75 Å². The Labute approximate surface area is 93.9 Å². The van der Waals surface area contributed by atoms with Crippen molar-refractivity contribution in [2.45, 2.75) is 25.1 Å². The van der Waals surface area contributed by atoms with Crippen LogP contribution >= 0.6 is 35.0 Å². The van der Waals surface area contributed by atoms with E-state index in [2.05, 4.69) is 6.58 Å². The molecule has 0 aliphatic rings. The van der Waals surface area contributed by atoms with Crippen molar-refractivity contribution in [2.75, 3.05) is 5.75 Å². The zero-order chi connectivity index (χ0) is 10.7. The summed E-state index contributed by atoms with van der Waals surface area (Å²) in [7, 11) is 0. The van der Waals surface area contributed by atoms with Crippen molar-refractivity contribution in [3.8, 4) is 0 Å². The Morgan fingerprint density at radius 2 is 2.00 bits per heavy atom. The highest BCUT2D eigenvalue weighted by Crippen LogP contribution is 2.44. The molecule has 0 aliphatic heterocycles. The third-order valence-electron chi connectivity index (χ3n) is 1.85. The van der Waals surface area contributed by atoms with E-state index in [1.54, 1.807) is 19.9 Å². The number of hydrogen-bond donors (Lipinski definition) is 0. The highest BCUT2D eigenvalue weighted by Gasteiger charge is 2.46. The lowest BCUT2D eigenvalue weighted by molar-refractivity contribution is -0.112. The van der Waals surface area contributed by atoms with E-state index in [9.17, 15) is 4.79 Å². The van der Waals surface area contributed by atoms with E-state index in [1.807, 2.05) is 6.92 Å². The lowest BCUT2D eigenvalue weighted by Crippen LogP contribution is -2.38. The molecule has 0 aromatic rings. The Hall–Kier alpha value is 0.340. The fourth-order valence-corrected chi connectivity index (χ4v) is 1.80. The van der Waals surface area contributed by atoms with Crippen molar-refractivity contribution in [3.63, 3.8) is 0 Å². The largest absolute Gasteiger partial charge is 0.284 e. The van der Waals surface area contributed by atoms with Gasteiger partial charge >= 0.3 is 0 Å². The van der Waals surface area contributed by atoms with Crippen molar-refractivity contribution >= 4 is 40.1 Å². The van der Waals surface area contributed by atoms with Crippen molar-refractivity contribution in [3.05, 3.63) is 12.7 Å². The maximum atomic E-state index is 11.5. The van der Waals surface area contributed by atoms with Gasteiger partial charge in [0.15, 0.2) is 4.33 Å². The predicted octanol–water partition coefficient (Wildman–Crippen LogP) is 3.65. The normalized spacial score (nSPS) is 12.7. The summed E-state index contributed by atoms with van der Waals surface area (Å²) in [6.07, 6.45) is 1.60. The number of hydrogen-bond acceptors (Lipinski definition) is 2. The highest BCUT2D eigenvalue weighted by atomic mass is 35.5. The SMILES string of the molecule is C=CC(C)(C)C(Cl)(Cl)C(=O)SCC. The summed E-state index contributed by atoms with van der Waals surface area (Å²) < 4.78 is -1.39. The van der Waals surface area contributed by atoms with Crippen LogP contribution in [0.1, 0.15) is 20.8 Å². The van der Waals surface area contributed by atoms with Gasteiger partial charge in [-0.2, -0.15) is 0 Å². The van der Waals surface area contributed by atoms with Gasteiger partial charge in [-0.25, -0.2) is 0 Å². The summed E-state index contributed by atoms with van der Waals surface area (Å²) >= 11 is 13.1. The van der Waals surface area contributed by atoms with Gasteiger partial charge in [-0.15, -0.1) is 6.58 Å². The van der Waals surface area contributed by atoms with Crippen LogP contribution in [0.25, 0.3) is 0 Å². The van der Waals surface area contributed by atoms with E-state index in [1.165, 1.54) is 0 Å². The number of carbonyl (C=O) groups excluding carboxylic acids is 1. The Balaban J connectivity index is 4.74. The molecule has 0 heterocycles. The van der Waals surface area contributed by atoms with E-state index in [-0.39, 0.29) is 5.12 Å². The Morgan fingerprint density at radius 3 is 2.31 bits per heavy atom. The van der Waals surface area contributed by atoms with Crippen molar-refractivity contribution < 1.29 is 4.79 Å². The summed E-state index contributed by atoms with van der Waals surface area (Å²) in [5, 5.41) is -0.219. The molecule has 13 heavy (non-hydrogen) atoms. The van der Waals surface area contributed by atoms with E-state index >= 15 is 0 Å². The number of carbonyl (C=O) groups is 1. The van der Waals surface area contributed by atoms with Crippen LogP contribution in [0.2, 0.25) is 0 Å². The van der Waals surface area contributed by atoms with Gasteiger partial charge < -0.3 is 0 Å². The average molecular weight is 241 g/mol. The van der Waals surface area contributed by atoms with Crippen LogP contribution in [0.15, 0.2) is 12.7 Å². The molecular weight excluding hydrogens is 227 g/mol. The van der Waals surface area contributed by atoms with Gasteiger partial charge in [0.25, 0.3) is 0 Å². The van der Waals surface area contributed by atoms with Gasteiger partial charge in [-0.3, -0.25) is 4.79 Å². The summed E-state index contributed by atoms with van der Waals surface area (Å²) in [4.78, 5) is 11.5. The standard InChI is InChI=1S/C9H14Cl2OS/c1-5-8(3,4)9(10,11)7(12)13-6-2/h5H,1,6H2,2-4H3. The molecule has 0 saturated carbocycles. The summed E-state index contributed by atoms with van der Waals surface area (Å²) in [5.41, 5.74) is -0.616. The molecule has 0 unspecified atom stereocenters. The van der Waals surface area contributed by atoms with Crippen molar-refractivity contribution in [2.24, 2.45) is 5.41 Å².